The highest BCUT2D eigenvalue weighted by molar-refractivity contribution is 6.31. The first kappa shape index (κ1) is 17.8. The number of aromatic nitrogens is 1. The Labute approximate surface area is 152 Å². The Morgan fingerprint density at radius 3 is 3.08 bits per heavy atom. The number of nitrogens with zero attached hydrogens (tertiary/aromatic N) is 1. The number of benzene rings is 1. The minimum absolute atomic E-state index is 0.00294. The summed E-state index contributed by atoms with van der Waals surface area (Å²) in [4.78, 5) is 29.4. The van der Waals surface area contributed by atoms with Gasteiger partial charge in [0.25, 0.3) is 0 Å². The number of amides is 2. The molecule has 2 amide bonds. The summed E-state index contributed by atoms with van der Waals surface area (Å²) in [5, 5.41) is 4.72. The third-order valence-corrected chi connectivity index (χ3v) is 5.03. The summed E-state index contributed by atoms with van der Waals surface area (Å²) in [7, 11) is 0. The van der Waals surface area contributed by atoms with E-state index in [4.69, 9.17) is 11.6 Å². The topological polar surface area (TPSA) is 65.2 Å². The minimum Gasteiger partial charge on any atom is -0.361 e. The average Bonchev–Trinajstić information content (AvgIpc) is 3.16. The number of nitrogens with one attached hydrogen (secondary N) is 2. The molecule has 0 saturated carbocycles. The van der Waals surface area contributed by atoms with E-state index in [1.54, 1.807) is 4.90 Å². The van der Waals surface area contributed by atoms with Crippen LogP contribution in [0.15, 0.2) is 24.4 Å². The summed E-state index contributed by atoms with van der Waals surface area (Å²) in [5.41, 5.74) is 2.18. The normalized spacial score (nSPS) is 17.4. The average molecular weight is 362 g/mol. The Morgan fingerprint density at radius 1 is 1.44 bits per heavy atom. The number of halogens is 1. The van der Waals surface area contributed by atoms with Gasteiger partial charge >= 0.3 is 0 Å². The number of unbranched alkanes of at least 4 members (excludes halogenated alkanes) is 1. The fourth-order valence-corrected chi connectivity index (χ4v) is 3.48. The van der Waals surface area contributed by atoms with E-state index >= 15 is 0 Å². The Bertz CT molecular complexity index is 771. The Hall–Kier alpha value is -2.01. The second-order valence-corrected chi connectivity index (χ2v) is 7.08. The number of aromatic amines is 1. The van der Waals surface area contributed by atoms with Gasteiger partial charge in [0, 0.05) is 48.2 Å². The molecule has 1 fully saturated rings. The quantitative estimate of drug-likeness (QED) is 0.744. The third-order valence-electron chi connectivity index (χ3n) is 4.80. The highest BCUT2D eigenvalue weighted by Crippen LogP contribution is 2.24. The highest BCUT2D eigenvalue weighted by atomic mass is 35.5. The molecule has 0 aliphatic carbocycles. The van der Waals surface area contributed by atoms with Crippen molar-refractivity contribution in [2.45, 2.75) is 32.6 Å². The molecule has 0 bridgehead atoms. The van der Waals surface area contributed by atoms with Crippen molar-refractivity contribution in [2.75, 3.05) is 19.6 Å². The van der Waals surface area contributed by atoms with Gasteiger partial charge in [-0.3, -0.25) is 9.59 Å². The van der Waals surface area contributed by atoms with Crippen LogP contribution in [0.2, 0.25) is 5.02 Å². The van der Waals surface area contributed by atoms with Gasteiger partial charge in [0.05, 0.1) is 5.92 Å². The number of hydrogen-bond donors (Lipinski definition) is 2. The SMILES string of the molecule is CCCCNC(=O)[C@@H]1CC(=O)N(CCc2c[nH]c3ccc(Cl)cc23)C1. The van der Waals surface area contributed by atoms with Crippen LogP contribution in [-0.4, -0.2) is 41.3 Å². The van der Waals surface area contributed by atoms with Crippen molar-refractivity contribution in [3.8, 4) is 0 Å². The number of carbonyl (C=O) groups is 2. The van der Waals surface area contributed by atoms with E-state index in [1.807, 2.05) is 24.4 Å². The van der Waals surface area contributed by atoms with Gasteiger partial charge in [0.15, 0.2) is 0 Å². The van der Waals surface area contributed by atoms with Crippen molar-refractivity contribution in [3.05, 3.63) is 35.0 Å². The molecule has 1 saturated heterocycles. The summed E-state index contributed by atoms with van der Waals surface area (Å²) in [6, 6.07) is 5.76. The number of hydrogen-bond acceptors (Lipinski definition) is 2. The third kappa shape index (κ3) is 4.15. The summed E-state index contributed by atoms with van der Waals surface area (Å²) in [5.74, 6) is -0.154. The van der Waals surface area contributed by atoms with Gasteiger partial charge in [-0.15, -0.1) is 0 Å². The van der Waals surface area contributed by atoms with E-state index in [2.05, 4.69) is 17.2 Å². The molecule has 1 aliphatic heterocycles. The number of rotatable bonds is 7. The van der Waals surface area contributed by atoms with Crippen LogP contribution < -0.4 is 5.32 Å². The van der Waals surface area contributed by atoms with Gasteiger partial charge < -0.3 is 15.2 Å². The maximum Gasteiger partial charge on any atom is 0.225 e. The fourth-order valence-electron chi connectivity index (χ4n) is 3.31. The standard InChI is InChI=1S/C19H24ClN3O2/c1-2-3-7-21-19(25)14-9-18(24)23(12-14)8-6-13-11-22-17-5-4-15(20)10-16(13)17/h4-5,10-11,14,22H,2-3,6-9,12H2,1H3,(H,21,25)/t14-/m1/s1. The molecule has 0 unspecified atom stereocenters. The first-order valence-corrected chi connectivity index (χ1v) is 9.27. The van der Waals surface area contributed by atoms with E-state index in [0.29, 0.717) is 31.1 Å². The maximum atomic E-state index is 12.2. The molecule has 134 valence electrons. The summed E-state index contributed by atoms with van der Waals surface area (Å²) in [6.07, 6.45) is 5.05. The van der Waals surface area contributed by atoms with E-state index in [9.17, 15) is 9.59 Å². The smallest absolute Gasteiger partial charge is 0.225 e. The van der Waals surface area contributed by atoms with Crippen LogP contribution in [0.25, 0.3) is 10.9 Å². The molecule has 1 atom stereocenters. The van der Waals surface area contributed by atoms with Crippen LogP contribution in [0.3, 0.4) is 0 Å². The lowest BCUT2D eigenvalue weighted by molar-refractivity contribution is -0.129. The van der Waals surface area contributed by atoms with Crippen molar-refractivity contribution in [2.24, 2.45) is 5.92 Å². The van der Waals surface area contributed by atoms with Gasteiger partial charge in [-0.1, -0.05) is 24.9 Å². The molecule has 6 heteroatoms. The van der Waals surface area contributed by atoms with E-state index < -0.39 is 0 Å². The van der Waals surface area contributed by atoms with Crippen molar-refractivity contribution >= 4 is 34.3 Å². The van der Waals surface area contributed by atoms with Crippen molar-refractivity contribution in [1.82, 2.24) is 15.2 Å². The van der Waals surface area contributed by atoms with Crippen molar-refractivity contribution < 1.29 is 9.59 Å². The van der Waals surface area contributed by atoms with Crippen molar-refractivity contribution in [3.63, 3.8) is 0 Å². The minimum atomic E-state index is -0.221. The maximum absolute atomic E-state index is 12.2. The molecule has 1 aromatic carbocycles. The van der Waals surface area contributed by atoms with Crippen LogP contribution in [0.1, 0.15) is 31.7 Å². The molecule has 1 aliphatic rings. The number of H-pyrrole nitrogens is 1. The molecular weight excluding hydrogens is 338 g/mol. The summed E-state index contributed by atoms with van der Waals surface area (Å²) in [6.45, 7) is 3.91. The molecule has 2 heterocycles. The van der Waals surface area contributed by atoms with Gasteiger partial charge in [0.1, 0.15) is 0 Å². The molecule has 2 aromatic rings. The predicted octanol–water partition coefficient (Wildman–Crippen LogP) is 3.13. The Kier molecular flexibility index (Phi) is 5.63. The summed E-state index contributed by atoms with van der Waals surface area (Å²) < 4.78 is 0. The zero-order chi connectivity index (χ0) is 17.8. The van der Waals surface area contributed by atoms with Gasteiger partial charge in [-0.2, -0.15) is 0 Å². The molecule has 2 N–H and O–H groups in total. The molecule has 0 spiro atoms. The highest BCUT2D eigenvalue weighted by Gasteiger charge is 2.33. The molecular formula is C19H24ClN3O2. The second-order valence-electron chi connectivity index (χ2n) is 6.64. The monoisotopic (exact) mass is 361 g/mol. The second kappa shape index (κ2) is 7.91. The lowest BCUT2D eigenvalue weighted by Gasteiger charge is -2.16. The van der Waals surface area contributed by atoms with Crippen LogP contribution in [0.5, 0.6) is 0 Å². The first-order chi connectivity index (χ1) is 12.1. The molecule has 1 aromatic heterocycles. The van der Waals surface area contributed by atoms with Crippen LogP contribution >= 0.6 is 11.6 Å². The largest absolute Gasteiger partial charge is 0.361 e. The van der Waals surface area contributed by atoms with Gasteiger partial charge in [-0.25, -0.2) is 0 Å². The molecule has 0 radical (unpaired) electrons. The first-order valence-electron chi connectivity index (χ1n) is 8.89. The van der Waals surface area contributed by atoms with Crippen LogP contribution in [0.4, 0.5) is 0 Å². The number of fused-ring (bicyclic) bond motifs is 1. The van der Waals surface area contributed by atoms with E-state index in [0.717, 1.165) is 35.7 Å². The molecule has 3 rings (SSSR count). The lowest BCUT2D eigenvalue weighted by Crippen LogP contribution is -2.34. The van der Waals surface area contributed by atoms with E-state index in [-0.39, 0.29) is 17.7 Å². The number of likely N-dealkylation sites (tertiary alicyclic amines) is 1. The zero-order valence-electron chi connectivity index (χ0n) is 14.5. The zero-order valence-corrected chi connectivity index (χ0v) is 15.2. The lowest BCUT2D eigenvalue weighted by atomic mass is 10.1. The van der Waals surface area contributed by atoms with Crippen molar-refractivity contribution in [1.29, 1.82) is 0 Å². The van der Waals surface area contributed by atoms with E-state index in [1.165, 1.54) is 0 Å². The van der Waals surface area contributed by atoms with Gasteiger partial charge in [-0.05, 0) is 36.6 Å². The molecule has 25 heavy (non-hydrogen) atoms. The fraction of sp³-hybridized carbons (Fsp3) is 0.474. The molecule has 5 nitrogen and oxygen atoms in total. The Balaban J connectivity index is 1.57. The predicted molar refractivity (Wildman–Crippen MR) is 99.6 cm³/mol. The van der Waals surface area contributed by atoms with Gasteiger partial charge in [0.2, 0.25) is 11.8 Å². The number of carbonyl (C=O) groups excluding carboxylic acids is 2. The Morgan fingerprint density at radius 2 is 2.28 bits per heavy atom. The summed E-state index contributed by atoms with van der Waals surface area (Å²) >= 11 is 6.08. The van der Waals surface area contributed by atoms with Crippen LogP contribution in [0, 0.1) is 5.92 Å². The van der Waals surface area contributed by atoms with Crippen LogP contribution in [-0.2, 0) is 16.0 Å².